The number of nitrogens with two attached hydrogens (primary N) is 1. The van der Waals surface area contributed by atoms with Crippen LogP contribution in [0, 0.1) is 11.3 Å². The Morgan fingerprint density at radius 2 is 1.86 bits per heavy atom. The summed E-state index contributed by atoms with van der Waals surface area (Å²) in [4.78, 5) is 0.190. The molecular weight excluding hydrogens is 286 g/mol. The van der Waals surface area contributed by atoms with Crippen LogP contribution in [0.5, 0.6) is 0 Å². The van der Waals surface area contributed by atoms with E-state index < -0.39 is 9.84 Å². The molecule has 0 spiro atoms. The van der Waals surface area contributed by atoms with Crippen LogP contribution in [-0.2, 0) is 16.3 Å². The molecule has 0 amide bonds. The molecular formula is C15H15N3O2S. The molecule has 0 saturated heterocycles. The van der Waals surface area contributed by atoms with Crippen molar-refractivity contribution in [2.24, 2.45) is 0 Å². The third kappa shape index (κ3) is 3.74. The number of nitriles is 1. The second kappa shape index (κ2) is 5.85. The fourth-order valence-electron chi connectivity index (χ4n) is 1.84. The predicted molar refractivity (Wildman–Crippen MR) is 83.0 cm³/mol. The smallest absolute Gasteiger partial charge is 0.175 e. The monoisotopic (exact) mass is 301 g/mol. The molecule has 0 unspecified atom stereocenters. The summed E-state index contributed by atoms with van der Waals surface area (Å²) in [6, 6.07) is 14.1. The maximum Gasteiger partial charge on any atom is 0.175 e. The van der Waals surface area contributed by atoms with Gasteiger partial charge in [-0.05, 0) is 35.9 Å². The maximum atomic E-state index is 11.5. The summed E-state index contributed by atoms with van der Waals surface area (Å²) in [5.74, 6) is 0. The van der Waals surface area contributed by atoms with Crippen molar-refractivity contribution in [2.45, 2.75) is 11.3 Å². The molecule has 0 aliphatic rings. The molecule has 0 radical (unpaired) electrons. The van der Waals surface area contributed by atoms with Crippen LogP contribution < -0.4 is 11.1 Å². The van der Waals surface area contributed by atoms with Crippen molar-refractivity contribution in [1.82, 2.24) is 0 Å². The van der Waals surface area contributed by atoms with Crippen molar-refractivity contribution in [3.05, 3.63) is 48.0 Å². The lowest BCUT2D eigenvalue weighted by Gasteiger charge is -2.11. The molecule has 3 N–H and O–H groups in total. The lowest BCUT2D eigenvalue weighted by Crippen LogP contribution is -2.01. The Bertz CT molecular complexity index is 791. The van der Waals surface area contributed by atoms with Crippen LogP contribution in [-0.4, -0.2) is 14.7 Å². The number of rotatable bonds is 4. The van der Waals surface area contributed by atoms with Crippen molar-refractivity contribution in [3.8, 4) is 6.07 Å². The molecule has 0 aliphatic heterocycles. The summed E-state index contributed by atoms with van der Waals surface area (Å²) >= 11 is 0. The first-order chi connectivity index (χ1) is 9.90. The molecule has 6 heteroatoms. The standard InChI is InChI=1S/C15H15N3O2S/c1-21(19,20)13-6-7-15(14(17)10-13)18-12-4-2-11(3-5-12)8-9-16/h2-7,10,18H,8,17H2,1H3. The van der Waals surface area contributed by atoms with E-state index >= 15 is 0 Å². The maximum absolute atomic E-state index is 11.5. The highest BCUT2D eigenvalue weighted by Gasteiger charge is 2.09. The minimum absolute atomic E-state index is 0.190. The van der Waals surface area contributed by atoms with Crippen molar-refractivity contribution in [2.75, 3.05) is 17.3 Å². The van der Waals surface area contributed by atoms with Crippen LogP contribution in [0.4, 0.5) is 17.1 Å². The summed E-state index contributed by atoms with van der Waals surface area (Å²) in [5, 5.41) is 11.7. The van der Waals surface area contributed by atoms with Gasteiger partial charge in [0.05, 0.1) is 28.8 Å². The normalized spacial score (nSPS) is 10.9. The van der Waals surface area contributed by atoms with Gasteiger partial charge in [-0.25, -0.2) is 8.42 Å². The Labute approximate surface area is 123 Å². The Hall–Kier alpha value is -2.52. The minimum atomic E-state index is -3.27. The fourth-order valence-corrected chi connectivity index (χ4v) is 2.49. The van der Waals surface area contributed by atoms with Gasteiger partial charge in [-0.3, -0.25) is 0 Å². The third-order valence-corrected chi connectivity index (χ3v) is 4.08. The molecule has 0 aliphatic carbocycles. The second-order valence-electron chi connectivity index (χ2n) is 4.68. The van der Waals surface area contributed by atoms with Crippen molar-refractivity contribution < 1.29 is 8.42 Å². The quantitative estimate of drug-likeness (QED) is 0.846. The predicted octanol–water partition coefficient (Wildman–Crippen LogP) is 2.48. The molecule has 0 heterocycles. The van der Waals surface area contributed by atoms with Gasteiger partial charge in [0.15, 0.2) is 9.84 Å². The SMILES string of the molecule is CS(=O)(=O)c1ccc(Nc2ccc(CC#N)cc2)c(N)c1. The number of hydrogen-bond donors (Lipinski definition) is 2. The Morgan fingerprint density at radius 1 is 1.19 bits per heavy atom. The highest BCUT2D eigenvalue weighted by Crippen LogP contribution is 2.26. The molecule has 0 atom stereocenters. The summed E-state index contributed by atoms with van der Waals surface area (Å²) in [6.45, 7) is 0. The third-order valence-electron chi connectivity index (χ3n) is 2.97. The summed E-state index contributed by atoms with van der Waals surface area (Å²) in [5.41, 5.74) is 8.62. The zero-order chi connectivity index (χ0) is 15.5. The lowest BCUT2D eigenvalue weighted by molar-refractivity contribution is 0.602. The van der Waals surface area contributed by atoms with E-state index in [2.05, 4.69) is 11.4 Å². The largest absolute Gasteiger partial charge is 0.397 e. The van der Waals surface area contributed by atoms with Crippen LogP contribution in [0.2, 0.25) is 0 Å². The average Bonchev–Trinajstić information content (AvgIpc) is 2.42. The number of nitrogens with one attached hydrogen (secondary N) is 1. The Kier molecular flexibility index (Phi) is 4.15. The number of nitrogens with zero attached hydrogens (tertiary/aromatic N) is 1. The first-order valence-electron chi connectivity index (χ1n) is 6.22. The van der Waals surface area contributed by atoms with Gasteiger partial charge in [0.25, 0.3) is 0 Å². The van der Waals surface area contributed by atoms with Crippen LogP contribution in [0.15, 0.2) is 47.4 Å². The van der Waals surface area contributed by atoms with Crippen LogP contribution in [0.1, 0.15) is 5.56 Å². The first kappa shape index (κ1) is 14.9. The number of nitrogen functional groups attached to an aromatic ring is 1. The van der Waals surface area contributed by atoms with E-state index in [1.165, 1.54) is 12.1 Å². The van der Waals surface area contributed by atoms with Crippen LogP contribution in [0.25, 0.3) is 0 Å². The molecule has 0 fully saturated rings. The summed E-state index contributed by atoms with van der Waals surface area (Å²) in [6.07, 6.45) is 1.51. The summed E-state index contributed by atoms with van der Waals surface area (Å²) in [7, 11) is -3.27. The van der Waals surface area contributed by atoms with Crippen molar-refractivity contribution >= 4 is 26.9 Å². The van der Waals surface area contributed by atoms with Gasteiger partial charge >= 0.3 is 0 Å². The molecule has 5 nitrogen and oxygen atoms in total. The highest BCUT2D eigenvalue weighted by atomic mass is 32.2. The summed E-state index contributed by atoms with van der Waals surface area (Å²) < 4.78 is 22.9. The Balaban J connectivity index is 2.22. The zero-order valence-corrected chi connectivity index (χ0v) is 12.3. The first-order valence-corrected chi connectivity index (χ1v) is 8.12. The Morgan fingerprint density at radius 3 is 2.38 bits per heavy atom. The molecule has 0 aromatic heterocycles. The fraction of sp³-hybridized carbons (Fsp3) is 0.133. The van der Waals surface area contributed by atoms with Gasteiger partial charge in [-0.2, -0.15) is 5.26 Å². The van der Waals surface area contributed by atoms with E-state index in [1.807, 2.05) is 24.3 Å². The molecule has 2 rings (SSSR count). The van der Waals surface area contributed by atoms with Gasteiger partial charge in [-0.1, -0.05) is 12.1 Å². The second-order valence-corrected chi connectivity index (χ2v) is 6.69. The van der Waals surface area contributed by atoms with E-state index in [-0.39, 0.29) is 4.90 Å². The lowest BCUT2D eigenvalue weighted by atomic mass is 10.1. The topological polar surface area (TPSA) is 96.0 Å². The number of benzene rings is 2. The molecule has 21 heavy (non-hydrogen) atoms. The van der Waals surface area contributed by atoms with Gasteiger partial charge in [-0.15, -0.1) is 0 Å². The molecule has 2 aromatic rings. The van der Waals surface area contributed by atoms with Crippen LogP contribution >= 0.6 is 0 Å². The molecule has 0 bridgehead atoms. The zero-order valence-electron chi connectivity index (χ0n) is 11.5. The van der Waals surface area contributed by atoms with E-state index in [9.17, 15) is 8.42 Å². The number of hydrogen-bond acceptors (Lipinski definition) is 5. The molecule has 108 valence electrons. The van der Waals surface area contributed by atoms with E-state index in [1.54, 1.807) is 6.07 Å². The van der Waals surface area contributed by atoms with Gasteiger partial charge in [0, 0.05) is 11.9 Å². The highest BCUT2D eigenvalue weighted by molar-refractivity contribution is 7.90. The van der Waals surface area contributed by atoms with E-state index in [0.717, 1.165) is 17.5 Å². The van der Waals surface area contributed by atoms with E-state index in [4.69, 9.17) is 11.0 Å². The van der Waals surface area contributed by atoms with Crippen LogP contribution in [0.3, 0.4) is 0 Å². The van der Waals surface area contributed by atoms with Crippen molar-refractivity contribution in [1.29, 1.82) is 5.26 Å². The molecule has 0 saturated carbocycles. The number of sulfone groups is 1. The minimum Gasteiger partial charge on any atom is -0.397 e. The molecule has 2 aromatic carbocycles. The number of anilines is 3. The van der Waals surface area contributed by atoms with Crippen molar-refractivity contribution in [3.63, 3.8) is 0 Å². The van der Waals surface area contributed by atoms with Gasteiger partial charge < -0.3 is 11.1 Å². The average molecular weight is 301 g/mol. The van der Waals surface area contributed by atoms with Gasteiger partial charge in [0.1, 0.15) is 0 Å². The van der Waals surface area contributed by atoms with E-state index in [0.29, 0.717) is 17.8 Å². The van der Waals surface area contributed by atoms with Gasteiger partial charge in [0.2, 0.25) is 0 Å².